The van der Waals surface area contributed by atoms with E-state index in [2.05, 4.69) is 28.7 Å². The van der Waals surface area contributed by atoms with Crippen LogP contribution >= 0.6 is 11.8 Å². The van der Waals surface area contributed by atoms with Crippen LogP contribution in [0.15, 0.2) is 11.4 Å². The molecule has 1 N–H and O–H groups in total. The maximum atomic E-state index is 12.4. The van der Waals surface area contributed by atoms with Gasteiger partial charge in [0, 0.05) is 31.0 Å². The molecule has 1 saturated carbocycles. The Morgan fingerprint density at radius 3 is 2.68 bits per heavy atom. The van der Waals surface area contributed by atoms with Crippen molar-refractivity contribution in [2.75, 3.05) is 13.1 Å². The smallest absolute Gasteiger partial charge is 0.324 e. The van der Waals surface area contributed by atoms with Crippen LogP contribution in [0.5, 0.6) is 0 Å². The number of imide groups is 1. The standard InChI is InChI=1S/C15H22N4O2S/c1-9(2)12-8-17-15(19(12)11-4-5-11)22-10(3)13(20)18-7-6-16-14(18)21/h8-11H,4-7H2,1-3H3,(H,16,21). The number of imidazole rings is 1. The monoisotopic (exact) mass is 322 g/mol. The molecule has 0 spiro atoms. The molecular weight excluding hydrogens is 300 g/mol. The molecule has 0 radical (unpaired) electrons. The normalized spacial score (nSPS) is 19.6. The number of thioether (sulfide) groups is 1. The molecule has 1 aromatic heterocycles. The Kier molecular flexibility index (Phi) is 4.16. The second kappa shape index (κ2) is 5.95. The van der Waals surface area contributed by atoms with E-state index in [0.29, 0.717) is 25.0 Å². The minimum Gasteiger partial charge on any atom is -0.336 e. The van der Waals surface area contributed by atoms with E-state index in [-0.39, 0.29) is 17.2 Å². The van der Waals surface area contributed by atoms with Gasteiger partial charge in [-0.1, -0.05) is 25.6 Å². The lowest BCUT2D eigenvalue weighted by molar-refractivity contribution is -0.126. The molecule has 1 aromatic rings. The van der Waals surface area contributed by atoms with Crippen LogP contribution in [-0.4, -0.2) is 44.7 Å². The number of amides is 3. The first kappa shape index (κ1) is 15.4. The highest BCUT2D eigenvalue weighted by atomic mass is 32.2. The molecule has 3 rings (SSSR count). The summed E-state index contributed by atoms with van der Waals surface area (Å²) in [6.45, 7) is 7.16. The van der Waals surface area contributed by atoms with Crippen LogP contribution in [0.2, 0.25) is 0 Å². The van der Waals surface area contributed by atoms with E-state index in [1.54, 1.807) is 0 Å². The van der Waals surface area contributed by atoms with Crippen LogP contribution in [0.4, 0.5) is 4.79 Å². The van der Waals surface area contributed by atoms with Crippen LogP contribution in [0.25, 0.3) is 0 Å². The van der Waals surface area contributed by atoms with E-state index in [1.165, 1.54) is 35.2 Å². The van der Waals surface area contributed by atoms with Gasteiger partial charge in [0.05, 0.1) is 5.25 Å². The molecule has 1 atom stereocenters. The summed E-state index contributed by atoms with van der Waals surface area (Å²) in [6.07, 6.45) is 4.28. The van der Waals surface area contributed by atoms with Gasteiger partial charge in [-0.05, 0) is 25.7 Å². The third-order valence-corrected chi connectivity index (χ3v) is 5.12. The van der Waals surface area contributed by atoms with Crippen LogP contribution in [0.3, 0.4) is 0 Å². The number of carbonyl (C=O) groups is 2. The van der Waals surface area contributed by atoms with Crippen LogP contribution in [0, 0.1) is 0 Å². The Hall–Kier alpha value is -1.50. The first-order valence-electron chi connectivity index (χ1n) is 7.82. The van der Waals surface area contributed by atoms with Gasteiger partial charge in [-0.25, -0.2) is 9.78 Å². The summed E-state index contributed by atoms with van der Waals surface area (Å²) in [5.74, 6) is 0.272. The second-order valence-corrected chi connectivity index (χ2v) is 7.51. The number of hydrogen-bond donors (Lipinski definition) is 1. The van der Waals surface area contributed by atoms with Crippen LogP contribution < -0.4 is 5.32 Å². The number of aromatic nitrogens is 2. The van der Waals surface area contributed by atoms with E-state index in [1.807, 2.05) is 13.1 Å². The highest BCUT2D eigenvalue weighted by Crippen LogP contribution is 2.41. The predicted octanol–water partition coefficient (Wildman–Crippen LogP) is 2.37. The Morgan fingerprint density at radius 2 is 2.14 bits per heavy atom. The molecular formula is C15H22N4O2S. The quantitative estimate of drug-likeness (QED) is 0.845. The Balaban J connectivity index is 1.75. The lowest BCUT2D eigenvalue weighted by Crippen LogP contribution is -2.39. The minimum atomic E-state index is -0.316. The molecule has 0 aromatic carbocycles. The molecule has 2 fully saturated rings. The second-order valence-electron chi connectivity index (χ2n) is 6.20. The first-order chi connectivity index (χ1) is 10.5. The molecule has 3 amide bonds. The Morgan fingerprint density at radius 1 is 1.41 bits per heavy atom. The minimum absolute atomic E-state index is 0.142. The lowest BCUT2D eigenvalue weighted by Gasteiger charge is -2.18. The van der Waals surface area contributed by atoms with Crippen molar-refractivity contribution in [2.24, 2.45) is 0 Å². The van der Waals surface area contributed by atoms with Crippen molar-refractivity contribution in [3.63, 3.8) is 0 Å². The van der Waals surface area contributed by atoms with Crippen molar-refractivity contribution in [3.8, 4) is 0 Å². The number of nitrogens with one attached hydrogen (secondary N) is 1. The zero-order valence-electron chi connectivity index (χ0n) is 13.2. The van der Waals surface area contributed by atoms with E-state index in [9.17, 15) is 9.59 Å². The van der Waals surface area contributed by atoms with Crippen molar-refractivity contribution < 1.29 is 9.59 Å². The summed E-state index contributed by atoms with van der Waals surface area (Å²) in [4.78, 5) is 29.8. The maximum Gasteiger partial charge on any atom is 0.324 e. The summed E-state index contributed by atoms with van der Waals surface area (Å²) in [5.41, 5.74) is 1.23. The van der Waals surface area contributed by atoms with E-state index < -0.39 is 0 Å². The van der Waals surface area contributed by atoms with E-state index in [4.69, 9.17) is 0 Å². The van der Waals surface area contributed by atoms with Gasteiger partial charge < -0.3 is 9.88 Å². The van der Waals surface area contributed by atoms with Gasteiger partial charge in [-0.15, -0.1) is 0 Å². The molecule has 7 heteroatoms. The molecule has 1 aliphatic carbocycles. The van der Waals surface area contributed by atoms with Crippen molar-refractivity contribution >= 4 is 23.7 Å². The van der Waals surface area contributed by atoms with Crippen molar-refractivity contribution in [1.82, 2.24) is 19.8 Å². The van der Waals surface area contributed by atoms with E-state index in [0.717, 1.165) is 5.16 Å². The molecule has 22 heavy (non-hydrogen) atoms. The SMILES string of the molecule is CC(Sc1ncc(C(C)C)n1C1CC1)C(=O)N1CCNC1=O. The Labute approximate surface area is 134 Å². The molecule has 2 aliphatic rings. The largest absolute Gasteiger partial charge is 0.336 e. The average Bonchev–Trinajstić information content (AvgIpc) is 3.08. The maximum absolute atomic E-state index is 12.4. The summed E-state index contributed by atoms with van der Waals surface area (Å²) >= 11 is 1.45. The zero-order chi connectivity index (χ0) is 15.9. The molecule has 1 saturated heterocycles. The number of hydrogen-bond acceptors (Lipinski definition) is 4. The fourth-order valence-electron chi connectivity index (χ4n) is 2.68. The van der Waals surface area contributed by atoms with Crippen molar-refractivity contribution in [3.05, 3.63) is 11.9 Å². The van der Waals surface area contributed by atoms with E-state index >= 15 is 0 Å². The Bertz CT molecular complexity index is 594. The number of rotatable bonds is 5. The van der Waals surface area contributed by atoms with Gasteiger partial charge in [0.1, 0.15) is 0 Å². The van der Waals surface area contributed by atoms with Crippen molar-refractivity contribution in [1.29, 1.82) is 0 Å². The zero-order valence-corrected chi connectivity index (χ0v) is 14.0. The number of urea groups is 1. The van der Waals surface area contributed by atoms with Crippen LogP contribution in [0.1, 0.15) is 51.3 Å². The van der Waals surface area contributed by atoms with Crippen LogP contribution in [-0.2, 0) is 4.79 Å². The first-order valence-corrected chi connectivity index (χ1v) is 8.70. The third kappa shape index (κ3) is 2.86. The van der Waals surface area contributed by atoms with Crippen molar-refractivity contribution in [2.45, 2.75) is 56.0 Å². The summed E-state index contributed by atoms with van der Waals surface area (Å²) < 4.78 is 2.28. The highest BCUT2D eigenvalue weighted by molar-refractivity contribution is 8.00. The molecule has 2 heterocycles. The molecule has 6 nitrogen and oxygen atoms in total. The van der Waals surface area contributed by atoms with Gasteiger partial charge in [0.2, 0.25) is 5.91 Å². The van der Waals surface area contributed by atoms with Gasteiger partial charge >= 0.3 is 6.03 Å². The summed E-state index contributed by atoms with van der Waals surface area (Å²) in [6, 6.07) is 0.241. The number of nitrogens with zero attached hydrogens (tertiary/aromatic N) is 3. The van der Waals surface area contributed by atoms with Gasteiger partial charge in [0.25, 0.3) is 0 Å². The fourth-order valence-corrected chi connectivity index (χ4v) is 3.71. The summed E-state index contributed by atoms with van der Waals surface area (Å²) in [5, 5.41) is 3.24. The fraction of sp³-hybridized carbons (Fsp3) is 0.667. The topological polar surface area (TPSA) is 67.2 Å². The number of carbonyl (C=O) groups excluding carboxylic acids is 2. The van der Waals surface area contributed by atoms with Gasteiger partial charge in [-0.2, -0.15) is 0 Å². The third-order valence-electron chi connectivity index (χ3n) is 4.05. The predicted molar refractivity (Wildman–Crippen MR) is 85.0 cm³/mol. The molecule has 0 bridgehead atoms. The molecule has 1 unspecified atom stereocenters. The molecule has 1 aliphatic heterocycles. The van der Waals surface area contributed by atoms with Gasteiger partial charge in [-0.3, -0.25) is 9.69 Å². The lowest BCUT2D eigenvalue weighted by atomic mass is 10.1. The average molecular weight is 322 g/mol. The molecule has 120 valence electrons. The summed E-state index contributed by atoms with van der Waals surface area (Å²) in [7, 11) is 0. The highest BCUT2D eigenvalue weighted by Gasteiger charge is 2.33. The van der Waals surface area contributed by atoms with Gasteiger partial charge in [0.15, 0.2) is 5.16 Å².